The van der Waals surface area contributed by atoms with Gasteiger partial charge in [0.15, 0.2) is 0 Å². The number of hydrogen-bond donors (Lipinski definition) is 0. The Balaban J connectivity index is 2.97. The summed E-state index contributed by atoms with van der Waals surface area (Å²) in [6.07, 6.45) is 2.27. The van der Waals surface area contributed by atoms with Gasteiger partial charge in [0.1, 0.15) is 0 Å². The third-order valence-corrected chi connectivity index (χ3v) is 4.27. The Morgan fingerprint density at radius 1 is 0.960 bits per heavy atom. The van der Waals surface area contributed by atoms with Crippen molar-refractivity contribution < 1.29 is 9.59 Å². The van der Waals surface area contributed by atoms with E-state index < -0.39 is 0 Å². The molecular formula is C21H34N2O2. The number of amides is 2. The van der Waals surface area contributed by atoms with Crippen LogP contribution in [0.25, 0.3) is 0 Å². The largest absolute Gasteiger partial charge is 0.343 e. The molecule has 4 heteroatoms. The summed E-state index contributed by atoms with van der Waals surface area (Å²) in [6.45, 7) is 14.1. The Hall–Kier alpha value is -1.84. The Bertz CT molecular complexity index is 570. The van der Waals surface area contributed by atoms with Crippen LogP contribution in [0, 0.1) is 0 Å². The first-order valence-electron chi connectivity index (χ1n) is 9.37. The van der Waals surface area contributed by atoms with Gasteiger partial charge in [-0.3, -0.25) is 9.59 Å². The van der Waals surface area contributed by atoms with Crippen LogP contribution in [0.5, 0.6) is 0 Å². The predicted molar refractivity (Wildman–Crippen MR) is 105 cm³/mol. The van der Waals surface area contributed by atoms with Crippen LogP contribution in [0.4, 0.5) is 5.69 Å². The van der Waals surface area contributed by atoms with Crippen molar-refractivity contribution in [1.29, 1.82) is 0 Å². The molecule has 0 aliphatic rings. The van der Waals surface area contributed by atoms with Gasteiger partial charge < -0.3 is 9.80 Å². The molecule has 4 nitrogen and oxygen atoms in total. The van der Waals surface area contributed by atoms with E-state index in [4.69, 9.17) is 0 Å². The van der Waals surface area contributed by atoms with Crippen LogP contribution < -0.4 is 4.90 Å². The van der Waals surface area contributed by atoms with E-state index in [0.29, 0.717) is 13.0 Å². The summed E-state index contributed by atoms with van der Waals surface area (Å²) in [5.41, 5.74) is 1.97. The van der Waals surface area contributed by atoms with Gasteiger partial charge in [-0.2, -0.15) is 0 Å². The third kappa shape index (κ3) is 6.18. The molecule has 1 aromatic carbocycles. The second-order valence-electron chi connectivity index (χ2n) is 7.57. The highest BCUT2D eigenvalue weighted by molar-refractivity contribution is 5.93. The van der Waals surface area contributed by atoms with Gasteiger partial charge in [0, 0.05) is 38.7 Å². The molecule has 0 saturated heterocycles. The Morgan fingerprint density at radius 3 is 2.00 bits per heavy atom. The summed E-state index contributed by atoms with van der Waals surface area (Å²) in [6, 6.07) is 7.98. The number of carbonyl (C=O) groups is 2. The smallest absolute Gasteiger partial charge is 0.224 e. The predicted octanol–water partition coefficient (Wildman–Crippen LogP) is 4.38. The summed E-state index contributed by atoms with van der Waals surface area (Å²) >= 11 is 0. The number of hydrogen-bond acceptors (Lipinski definition) is 2. The lowest BCUT2D eigenvalue weighted by Gasteiger charge is -2.30. The Kier molecular flexibility index (Phi) is 8.14. The molecule has 0 N–H and O–H groups in total. The van der Waals surface area contributed by atoms with E-state index in [-0.39, 0.29) is 17.2 Å². The molecule has 2 amide bonds. The number of carbonyl (C=O) groups excluding carboxylic acids is 2. The number of para-hydroxylation sites is 1. The lowest BCUT2D eigenvalue weighted by Crippen LogP contribution is -2.38. The van der Waals surface area contributed by atoms with Crippen molar-refractivity contribution in [3.8, 4) is 0 Å². The number of anilines is 1. The summed E-state index contributed by atoms with van der Waals surface area (Å²) in [4.78, 5) is 28.5. The lowest BCUT2D eigenvalue weighted by atomic mass is 9.85. The van der Waals surface area contributed by atoms with Crippen LogP contribution in [0.2, 0.25) is 0 Å². The van der Waals surface area contributed by atoms with Crippen LogP contribution in [0.1, 0.15) is 66.4 Å². The van der Waals surface area contributed by atoms with Gasteiger partial charge in [0.25, 0.3) is 0 Å². The van der Waals surface area contributed by atoms with Gasteiger partial charge in [0.2, 0.25) is 11.8 Å². The van der Waals surface area contributed by atoms with E-state index in [1.54, 1.807) is 11.8 Å². The maximum atomic E-state index is 12.6. The quantitative estimate of drug-likeness (QED) is 0.701. The standard InChI is InChI=1S/C21H34N2O2/c1-7-14-22(15-8-2)20(25)13-16-23(17(3)24)19-12-10-9-11-18(19)21(4,5)6/h9-12H,7-8,13-16H2,1-6H3. The van der Waals surface area contributed by atoms with Gasteiger partial charge in [0.05, 0.1) is 0 Å². The van der Waals surface area contributed by atoms with Crippen LogP contribution in [0.3, 0.4) is 0 Å². The number of nitrogens with zero attached hydrogens (tertiary/aromatic N) is 2. The first-order chi connectivity index (χ1) is 11.7. The van der Waals surface area contributed by atoms with Gasteiger partial charge in [-0.25, -0.2) is 0 Å². The molecule has 1 rings (SSSR count). The van der Waals surface area contributed by atoms with Gasteiger partial charge >= 0.3 is 0 Å². The van der Waals surface area contributed by atoms with E-state index in [0.717, 1.165) is 37.2 Å². The third-order valence-electron chi connectivity index (χ3n) is 4.27. The van der Waals surface area contributed by atoms with E-state index in [1.807, 2.05) is 23.1 Å². The fraction of sp³-hybridized carbons (Fsp3) is 0.619. The molecule has 1 aromatic rings. The maximum Gasteiger partial charge on any atom is 0.224 e. The molecule has 0 bridgehead atoms. The molecule has 0 saturated carbocycles. The topological polar surface area (TPSA) is 40.6 Å². The second kappa shape index (κ2) is 9.59. The van der Waals surface area contributed by atoms with E-state index in [9.17, 15) is 9.59 Å². The molecule has 0 atom stereocenters. The SMILES string of the molecule is CCCN(CCC)C(=O)CCN(C(C)=O)c1ccccc1C(C)(C)C. The zero-order valence-electron chi connectivity index (χ0n) is 16.8. The second-order valence-corrected chi connectivity index (χ2v) is 7.57. The fourth-order valence-electron chi connectivity index (χ4n) is 3.06. The maximum absolute atomic E-state index is 12.6. The molecular weight excluding hydrogens is 312 g/mol. The normalized spacial score (nSPS) is 11.3. The Labute approximate surface area is 153 Å². The molecule has 0 unspecified atom stereocenters. The zero-order chi connectivity index (χ0) is 19.0. The van der Waals surface area contributed by atoms with Crippen molar-refractivity contribution in [1.82, 2.24) is 4.90 Å². The van der Waals surface area contributed by atoms with Crippen LogP contribution in [-0.4, -0.2) is 36.3 Å². The minimum Gasteiger partial charge on any atom is -0.343 e. The average Bonchev–Trinajstić information content (AvgIpc) is 2.54. The molecule has 25 heavy (non-hydrogen) atoms. The Morgan fingerprint density at radius 2 is 1.52 bits per heavy atom. The highest BCUT2D eigenvalue weighted by Crippen LogP contribution is 2.32. The summed E-state index contributed by atoms with van der Waals surface area (Å²) in [5.74, 6) is 0.102. The number of rotatable bonds is 8. The van der Waals surface area contributed by atoms with Crippen LogP contribution >= 0.6 is 0 Å². The van der Waals surface area contributed by atoms with Crippen LogP contribution in [-0.2, 0) is 15.0 Å². The van der Waals surface area contributed by atoms with E-state index in [1.165, 1.54) is 0 Å². The zero-order valence-corrected chi connectivity index (χ0v) is 16.8. The molecule has 0 aromatic heterocycles. The van der Waals surface area contributed by atoms with Crippen molar-refractivity contribution in [3.05, 3.63) is 29.8 Å². The van der Waals surface area contributed by atoms with Crippen molar-refractivity contribution >= 4 is 17.5 Å². The molecule has 0 spiro atoms. The van der Waals surface area contributed by atoms with Gasteiger partial charge in [-0.05, 0) is 29.9 Å². The van der Waals surface area contributed by atoms with Crippen LogP contribution in [0.15, 0.2) is 24.3 Å². The molecule has 0 fully saturated rings. The van der Waals surface area contributed by atoms with Crippen molar-refractivity contribution in [2.24, 2.45) is 0 Å². The fourth-order valence-corrected chi connectivity index (χ4v) is 3.06. The highest BCUT2D eigenvalue weighted by Gasteiger charge is 2.23. The summed E-state index contributed by atoms with van der Waals surface area (Å²) in [7, 11) is 0. The van der Waals surface area contributed by atoms with Gasteiger partial charge in [-0.15, -0.1) is 0 Å². The minimum absolute atomic E-state index is 0.0259. The summed E-state index contributed by atoms with van der Waals surface area (Å²) in [5, 5.41) is 0. The average molecular weight is 347 g/mol. The van der Waals surface area contributed by atoms with E-state index >= 15 is 0 Å². The molecule has 0 radical (unpaired) electrons. The van der Waals surface area contributed by atoms with Crippen molar-refractivity contribution in [3.63, 3.8) is 0 Å². The molecule has 0 aliphatic carbocycles. The van der Waals surface area contributed by atoms with Crippen molar-refractivity contribution in [2.45, 2.75) is 66.2 Å². The monoisotopic (exact) mass is 346 g/mol. The molecule has 0 heterocycles. The van der Waals surface area contributed by atoms with E-state index in [2.05, 4.69) is 40.7 Å². The first kappa shape index (κ1) is 21.2. The summed E-state index contributed by atoms with van der Waals surface area (Å²) < 4.78 is 0. The highest BCUT2D eigenvalue weighted by atomic mass is 16.2. The molecule has 0 aliphatic heterocycles. The van der Waals surface area contributed by atoms with Crippen molar-refractivity contribution in [2.75, 3.05) is 24.5 Å². The first-order valence-corrected chi connectivity index (χ1v) is 9.37. The molecule has 140 valence electrons. The van der Waals surface area contributed by atoms with Gasteiger partial charge in [-0.1, -0.05) is 52.8 Å². The number of benzene rings is 1. The minimum atomic E-state index is -0.0647. The lowest BCUT2D eigenvalue weighted by molar-refractivity contribution is -0.131.